The molecular formula is C41H56O4. The molecule has 1 saturated heterocycles. The van der Waals surface area contributed by atoms with Crippen LogP contribution in [0.5, 0.6) is 0 Å². The summed E-state index contributed by atoms with van der Waals surface area (Å²) in [5, 5.41) is 0. The summed E-state index contributed by atoms with van der Waals surface area (Å²) in [4.78, 5) is 37.8. The number of allylic oxidation sites excluding steroid dienone is 12. The SMILES string of the molecule is C=C1C(=O)C2=C3C(=C1C)OC[C@@H](CCC=C(C)C)[C@@H]3CC[C@H]2C.CC(C)=CCC[C@H](C)[C@@H]1CC[C@@H](C)C2=C1C(=O)C(C)=CC2=O. The number of ether oxygens (including phenoxy) is 1. The van der Waals surface area contributed by atoms with Gasteiger partial charge in [-0.25, -0.2) is 0 Å². The second-order valence-corrected chi connectivity index (χ2v) is 14.9. The molecule has 244 valence electrons. The fourth-order valence-electron chi connectivity index (χ4n) is 8.13. The summed E-state index contributed by atoms with van der Waals surface area (Å²) in [5.74, 6) is 3.56. The van der Waals surface area contributed by atoms with Crippen LogP contribution in [0.3, 0.4) is 0 Å². The Kier molecular flexibility index (Phi) is 11.3. The fourth-order valence-corrected chi connectivity index (χ4v) is 8.13. The van der Waals surface area contributed by atoms with Gasteiger partial charge in [-0.05, 0) is 129 Å². The van der Waals surface area contributed by atoms with E-state index in [4.69, 9.17) is 4.74 Å². The van der Waals surface area contributed by atoms with Crippen molar-refractivity contribution in [3.63, 3.8) is 0 Å². The molecule has 0 unspecified atom stereocenters. The van der Waals surface area contributed by atoms with E-state index in [2.05, 4.69) is 67.2 Å². The second-order valence-electron chi connectivity index (χ2n) is 14.9. The Morgan fingerprint density at radius 3 is 2.16 bits per heavy atom. The van der Waals surface area contributed by atoms with Gasteiger partial charge in [0.05, 0.1) is 6.61 Å². The molecule has 5 rings (SSSR count). The zero-order chi connectivity index (χ0) is 33.2. The van der Waals surface area contributed by atoms with Crippen LogP contribution in [0.25, 0.3) is 0 Å². The van der Waals surface area contributed by atoms with Gasteiger partial charge in [0.15, 0.2) is 17.3 Å². The maximum absolute atomic E-state index is 12.8. The van der Waals surface area contributed by atoms with Crippen molar-refractivity contribution in [1.82, 2.24) is 0 Å². The normalized spacial score (nSPS) is 28.4. The van der Waals surface area contributed by atoms with E-state index in [9.17, 15) is 14.4 Å². The molecule has 0 saturated carbocycles. The molecule has 45 heavy (non-hydrogen) atoms. The van der Waals surface area contributed by atoms with Gasteiger partial charge in [-0.2, -0.15) is 0 Å². The molecule has 0 amide bonds. The minimum atomic E-state index is 0.0702. The monoisotopic (exact) mass is 612 g/mol. The lowest BCUT2D eigenvalue weighted by atomic mass is 9.65. The molecule has 4 aliphatic carbocycles. The van der Waals surface area contributed by atoms with Crippen LogP contribution in [-0.2, 0) is 19.1 Å². The molecule has 0 bridgehead atoms. The summed E-state index contributed by atoms with van der Waals surface area (Å²) >= 11 is 0. The Morgan fingerprint density at radius 2 is 1.49 bits per heavy atom. The average Bonchev–Trinajstić information content (AvgIpc) is 2.98. The van der Waals surface area contributed by atoms with E-state index < -0.39 is 0 Å². The van der Waals surface area contributed by atoms with Gasteiger partial charge in [0.2, 0.25) is 0 Å². The van der Waals surface area contributed by atoms with Crippen LogP contribution in [0.1, 0.15) is 114 Å². The molecule has 1 aliphatic heterocycles. The van der Waals surface area contributed by atoms with Gasteiger partial charge in [-0.1, -0.05) is 50.6 Å². The smallest absolute Gasteiger partial charge is 0.189 e. The Labute approximate surface area is 272 Å². The Morgan fingerprint density at radius 1 is 0.867 bits per heavy atom. The van der Waals surface area contributed by atoms with Gasteiger partial charge in [0.25, 0.3) is 0 Å². The lowest BCUT2D eigenvalue weighted by Gasteiger charge is -2.44. The van der Waals surface area contributed by atoms with E-state index in [1.54, 1.807) is 6.92 Å². The van der Waals surface area contributed by atoms with E-state index in [1.165, 1.54) is 29.2 Å². The molecule has 0 aromatic heterocycles. The van der Waals surface area contributed by atoms with Gasteiger partial charge in [-0.3, -0.25) is 14.4 Å². The van der Waals surface area contributed by atoms with Crippen molar-refractivity contribution >= 4 is 17.3 Å². The minimum absolute atomic E-state index is 0.0702. The third kappa shape index (κ3) is 7.36. The molecule has 1 fully saturated rings. The first-order valence-corrected chi connectivity index (χ1v) is 17.3. The number of hydrogen-bond donors (Lipinski definition) is 0. The maximum atomic E-state index is 12.8. The summed E-state index contributed by atoms with van der Waals surface area (Å²) in [7, 11) is 0. The predicted molar refractivity (Wildman–Crippen MR) is 184 cm³/mol. The summed E-state index contributed by atoms with van der Waals surface area (Å²) < 4.78 is 6.16. The number of rotatable bonds is 7. The number of carbonyl (C=O) groups excluding carboxylic acids is 3. The van der Waals surface area contributed by atoms with Gasteiger partial charge >= 0.3 is 0 Å². The van der Waals surface area contributed by atoms with E-state index in [0.717, 1.165) is 79.6 Å². The third-order valence-electron chi connectivity index (χ3n) is 10.9. The highest BCUT2D eigenvalue weighted by molar-refractivity contribution is 6.23. The first-order valence-electron chi connectivity index (χ1n) is 17.3. The first kappa shape index (κ1) is 34.9. The van der Waals surface area contributed by atoms with Crippen LogP contribution in [0, 0.1) is 35.5 Å². The molecule has 0 aromatic carbocycles. The van der Waals surface area contributed by atoms with Gasteiger partial charge in [0.1, 0.15) is 5.76 Å². The molecule has 1 heterocycles. The lowest BCUT2D eigenvalue weighted by Crippen LogP contribution is -2.38. The lowest BCUT2D eigenvalue weighted by molar-refractivity contribution is -0.117. The van der Waals surface area contributed by atoms with E-state index in [-0.39, 0.29) is 29.2 Å². The molecule has 5 aliphatic rings. The van der Waals surface area contributed by atoms with Crippen molar-refractivity contribution in [3.8, 4) is 0 Å². The molecule has 0 spiro atoms. The number of ketones is 3. The zero-order valence-electron chi connectivity index (χ0n) is 29.4. The number of carbonyl (C=O) groups is 3. The first-order chi connectivity index (χ1) is 21.2. The van der Waals surface area contributed by atoms with Crippen molar-refractivity contribution in [1.29, 1.82) is 0 Å². The van der Waals surface area contributed by atoms with Crippen molar-refractivity contribution in [2.75, 3.05) is 6.61 Å². The van der Waals surface area contributed by atoms with Gasteiger partial charge in [-0.15, -0.1) is 0 Å². The van der Waals surface area contributed by atoms with E-state index >= 15 is 0 Å². The topological polar surface area (TPSA) is 60.4 Å². The number of Topliss-reactive ketones (excluding diaryl/α,β-unsaturated/α-hetero) is 2. The van der Waals surface area contributed by atoms with Crippen LogP contribution in [0.4, 0.5) is 0 Å². The van der Waals surface area contributed by atoms with Crippen molar-refractivity contribution in [2.45, 2.75) is 114 Å². The van der Waals surface area contributed by atoms with E-state index in [0.29, 0.717) is 34.8 Å². The van der Waals surface area contributed by atoms with Crippen LogP contribution in [0.15, 0.2) is 80.7 Å². The second kappa shape index (κ2) is 14.6. The van der Waals surface area contributed by atoms with Crippen molar-refractivity contribution < 1.29 is 19.1 Å². The molecular weight excluding hydrogens is 556 g/mol. The molecule has 0 aromatic rings. The standard InChI is InChI=1S/C21H28O2.C20H28O2/c1-12(2)7-6-8-16-11-23-21-15(5)14(4)20(22)18-13(3)9-10-17(16)19(18)21;1-12(2)7-6-8-13(3)16-10-9-14(4)18-17(21)11-15(5)20(22)19(16)18/h7,13,16-17H,4,6,8-11H2,1-3,5H3;7,11,13-14,16H,6,8-10H2,1-5H3/t13-,16-,17+;13-,14+,16-/m10/s1. The van der Waals surface area contributed by atoms with Gasteiger partial charge < -0.3 is 4.74 Å². The summed E-state index contributed by atoms with van der Waals surface area (Å²) in [5.41, 5.74) is 8.79. The van der Waals surface area contributed by atoms with E-state index in [1.807, 2.05) is 6.92 Å². The summed E-state index contributed by atoms with van der Waals surface area (Å²) in [6.07, 6.45) is 14.8. The largest absolute Gasteiger partial charge is 0.493 e. The zero-order valence-corrected chi connectivity index (χ0v) is 29.4. The third-order valence-corrected chi connectivity index (χ3v) is 10.9. The summed E-state index contributed by atoms with van der Waals surface area (Å²) in [6, 6.07) is 0. The predicted octanol–water partition coefficient (Wildman–Crippen LogP) is 9.94. The highest BCUT2D eigenvalue weighted by Crippen LogP contribution is 2.50. The van der Waals surface area contributed by atoms with Crippen LogP contribution in [0.2, 0.25) is 0 Å². The van der Waals surface area contributed by atoms with Gasteiger partial charge in [0, 0.05) is 44.9 Å². The average molecular weight is 613 g/mol. The Bertz CT molecular complexity index is 1430. The molecule has 6 atom stereocenters. The van der Waals surface area contributed by atoms with Crippen LogP contribution in [-0.4, -0.2) is 24.0 Å². The Balaban J connectivity index is 0.000000205. The van der Waals surface area contributed by atoms with Crippen molar-refractivity contribution in [2.24, 2.45) is 35.5 Å². The molecule has 4 heteroatoms. The fraction of sp³-hybridized carbons (Fsp3) is 0.585. The highest BCUT2D eigenvalue weighted by atomic mass is 16.5. The highest BCUT2D eigenvalue weighted by Gasteiger charge is 2.44. The van der Waals surface area contributed by atoms with Crippen LogP contribution >= 0.6 is 0 Å². The minimum Gasteiger partial charge on any atom is -0.493 e. The molecule has 0 N–H and O–H groups in total. The molecule has 0 radical (unpaired) electrons. The quantitative estimate of drug-likeness (QED) is 0.163. The number of hydrogen-bond acceptors (Lipinski definition) is 4. The maximum Gasteiger partial charge on any atom is 0.189 e. The van der Waals surface area contributed by atoms with Crippen molar-refractivity contribution in [3.05, 3.63) is 80.7 Å². The summed E-state index contributed by atoms with van der Waals surface area (Å²) in [6.45, 7) is 23.6. The Hall–Kier alpha value is -3.01. The molecule has 4 nitrogen and oxygen atoms in total. The van der Waals surface area contributed by atoms with Crippen LogP contribution < -0.4 is 0 Å².